The topological polar surface area (TPSA) is 55.0 Å². The van der Waals surface area contributed by atoms with E-state index in [2.05, 4.69) is 21.8 Å². The quantitative estimate of drug-likeness (QED) is 0.805. The smallest absolute Gasteiger partial charge is 0.135 e. The summed E-state index contributed by atoms with van der Waals surface area (Å²) in [4.78, 5) is 10.8. The Balaban J connectivity index is 2.28. The number of nitrogens with zero attached hydrogens (tertiary/aromatic N) is 3. The lowest BCUT2D eigenvalue weighted by atomic mass is 10.0. The Hall–Kier alpha value is -1.16. The van der Waals surface area contributed by atoms with Crippen molar-refractivity contribution in [3.8, 4) is 0 Å². The molecule has 0 aliphatic carbocycles. The molecule has 1 aromatic heterocycles. The number of anilines is 1. The Bertz CT molecular complexity index is 320. The van der Waals surface area contributed by atoms with E-state index in [0.717, 1.165) is 18.9 Å². The van der Waals surface area contributed by atoms with Gasteiger partial charge in [-0.25, -0.2) is 9.97 Å². The molecule has 15 heavy (non-hydrogen) atoms. The van der Waals surface area contributed by atoms with Crippen molar-refractivity contribution in [2.24, 2.45) is 5.73 Å². The molecule has 0 radical (unpaired) electrons. The van der Waals surface area contributed by atoms with Crippen molar-refractivity contribution < 1.29 is 0 Å². The first kappa shape index (κ1) is 10.4. The first-order valence-corrected chi connectivity index (χ1v) is 5.58. The van der Waals surface area contributed by atoms with Gasteiger partial charge >= 0.3 is 0 Å². The van der Waals surface area contributed by atoms with Crippen molar-refractivity contribution >= 4 is 5.82 Å². The SMILES string of the molecule is CC(CN)c1cncnc1N1CCCC1. The first-order valence-electron chi connectivity index (χ1n) is 5.58. The molecule has 1 aliphatic heterocycles. The van der Waals surface area contributed by atoms with Crippen LogP contribution in [-0.4, -0.2) is 29.6 Å². The molecule has 0 saturated carbocycles. The minimum Gasteiger partial charge on any atom is -0.356 e. The van der Waals surface area contributed by atoms with Crippen molar-refractivity contribution in [1.82, 2.24) is 9.97 Å². The molecule has 4 nitrogen and oxygen atoms in total. The summed E-state index contributed by atoms with van der Waals surface area (Å²) >= 11 is 0. The molecule has 0 bridgehead atoms. The van der Waals surface area contributed by atoms with Crippen molar-refractivity contribution in [1.29, 1.82) is 0 Å². The van der Waals surface area contributed by atoms with Crippen LogP contribution < -0.4 is 10.6 Å². The van der Waals surface area contributed by atoms with Crippen LogP contribution in [0.5, 0.6) is 0 Å². The summed E-state index contributed by atoms with van der Waals surface area (Å²) < 4.78 is 0. The van der Waals surface area contributed by atoms with E-state index in [1.807, 2.05) is 6.20 Å². The standard InChI is InChI=1S/C11H18N4/c1-9(6-12)10-7-13-8-14-11(10)15-4-2-3-5-15/h7-9H,2-6,12H2,1H3. The van der Waals surface area contributed by atoms with Gasteiger partial charge in [-0.1, -0.05) is 6.92 Å². The molecule has 1 fully saturated rings. The summed E-state index contributed by atoms with van der Waals surface area (Å²) in [6.07, 6.45) is 6.06. The molecule has 1 unspecified atom stereocenters. The van der Waals surface area contributed by atoms with Crippen LogP contribution in [0.1, 0.15) is 31.2 Å². The summed E-state index contributed by atoms with van der Waals surface area (Å²) in [5, 5.41) is 0. The Kier molecular flexibility index (Phi) is 3.16. The van der Waals surface area contributed by atoms with Crippen molar-refractivity contribution in [3.05, 3.63) is 18.1 Å². The largest absolute Gasteiger partial charge is 0.356 e. The minimum absolute atomic E-state index is 0.335. The number of aromatic nitrogens is 2. The molecule has 1 aliphatic rings. The van der Waals surface area contributed by atoms with E-state index < -0.39 is 0 Å². The maximum absolute atomic E-state index is 5.70. The molecule has 4 heteroatoms. The molecule has 0 amide bonds. The molecular formula is C11H18N4. The second-order valence-electron chi connectivity index (χ2n) is 4.13. The third-order valence-corrected chi connectivity index (χ3v) is 3.01. The zero-order chi connectivity index (χ0) is 10.7. The zero-order valence-electron chi connectivity index (χ0n) is 9.19. The Morgan fingerprint density at radius 2 is 2.20 bits per heavy atom. The molecule has 1 aromatic rings. The van der Waals surface area contributed by atoms with E-state index in [0.29, 0.717) is 12.5 Å². The van der Waals surface area contributed by atoms with Crippen LogP contribution >= 0.6 is 0 Å². The zero-order valence-corrected chi connectivity index (χ0v) is 9.19. The van der Waals surface area contributed by atoms with Gasteiger partial charge < -0.3 is 10.6 Å². The highest BCUT2D eigenvalue weighted by molar-refractivity contribution is 5.47. The van der Waals surface area contributed by atoms with Gasteiger partial charge in [0.15, 0.2) is 0 Å². The number of nitrogens with two attached hydrogens (primary N) is 1. The van der Waals surface area contributed by atoms with Gasteiger partial charge in [-0.3, -0.25) is 0 Å². The van der Waals surface area contributed by atoms with E-state index in [-0.39, 0.29) is 0 Å². The lowest BCUT2D eigenvalue weighted by Gasteiger charge is -2.21. The van der Waals surface area contributed by atoms with E-state index in [4.69, 9.17) is 5.73 Å². The average Bonchev–Trinajstić information content (AvgIpc) is 2.81. The molecule has 1 atom stereocenters. The summed E-state index contributed by atoms with van der Waals surface area (Å²) in [5.74, 6) is 1.42. The van der Waals surface area contributed by atoms with Gasteiger partial charge in [0, 0.05) is 24.8 Å². The van der Waals surface area contributed by atoms with Crippen LogP contribution in [-0.2, 0) is 0 Å². The predicted octanol–water partition coefficient (Wildman–Crippen LogP) is 1.14. The second kappa shape index (κ2) is 4.57. The first-order chi connectivity index (χ1) is 7.33. The molecular weight excluding hydrogens is 188 g/mol. The highest BCUT2D eigenvalue weighted by atomic mass is 15.2. The number of hydrogen-bond donors (Lipinski definition) is 1. The second-order valence-corrected chi connectivity index (χ2v) is 4.13. The molecule has 2 heterocycles. The highest BCUT2D eigenvalue weighted by Gasteiger charge is 2.19. The van der Waals surface area contributed by atoms with Gasteiger partial charge in [-0.15, -0.1) is 0 Å². The van der Waals surface area contributed by atoms with Crippen molar-refractivity contribution in [2.45, 2.75) is 25.7 Å². The fourth-order valence-corrected chi connectivity index (χ4v) is 2.00. The Labute approximate surface area is 90.5 Å². The van der Waals surface area contributed by atoms with E-state index in [1.54, 1.807) is 6.33 Å². The highest BCUT2D eigenvalue weighted by Crippen LogP contribution is 2.26. The van der Waals surface area contributed by atoms with Gasteiger partial charge in [0.05, 0.1) is 0 Å². The van der Waals surface area contributed by atoms with Gasteiger partial charge in [0.1, 0.15) is 12.1 Å². The number of rotatable bonds is 3. The van der Waals surface area contributed by atoms with Crippen molar-refractivity contribution in [3.63, 3.8) is 0 Å². The van der Waals surface area contributed by atoms with Crippen LogP contribution in [0.4, 0.5) is 5.82 Å². The van der Waals surface area contributed by atoms with Crippen LogP contribution in [0.3, 0.4) is 0 Å². The maximum Gasteiger partial charge on any atom is 0.135 e. The molecule has 0 aromatic carbocycles. The Morgan fingerprint density at radius 3 is 2.87 bits per heavy atom. The van der Waals surface area contributed by atoms with E-state index >= 15 is 0 Å². The summed E-state index contributed by atoms with van der Waals surface area (Å²) in [5.41, 5.74) is 6.88. The van der Waals surface area contributed by atoms with Gasteiger partial charge in [0.25, 0.3) is 0 Å². The normalized spacial score (nSPS) is 18.1. The molecule has 1 saturated heterocycles. The summed E-state index contributed by atoms with van der Waals surface area (Å²) in [6, 6.07) is 0. The minimum atomic E-state index is 0.335. The third kappa shape index (κ3) is 2.09. The molecule has 2 N–H and O–H groups in total. The van der Waals surface area contributed by atoms with Crippen LogP contribution in [0.25, 0.3) is 0 Å². The predicted molar refractivity (Wildman–Crippen MR) is 60.9 cm³/mol. The average molecular weight is 206 g/mol. The molecule has 0 spiro atoms. The fraction of sp³-hybridized carbons (Fsp3) is 0.636. The Morgan fingerprint density at radius 1 is 1.47 bits per heavy atom. The van der Waals surface area contributed by atoms with E-state index in [9.17, 15) is 0 Å². The van der Waals surface area contributed by atoms with Gasteiger partial charge in [-0.2, -0.15) is 0 Å². The summed E-state index contributed by atoms with van der Waals surface area (Å²) in [7, 11) is 0. The van der Waals surface area contributed by atoms with Gasteiger partial charge in [0.2, 0.25) is 0 Å². The van der Waals surface area contributed by atoms with Gasteiger partial charge in [-0.05, 0) is 25.3 Å². The third-order valence-electron chi connectivity index (χ3n) is 3.01. The van der Waals surface area contributed by atoms with Crippen molar-refractivity contribution in [2.75, 3.05) is 24.5 Å². The maximum atomic E-state index is 5.70. The van der Waals surface area contributed by atoms with Crippen LogP contribution in [0.2, 0.25) is 0 Å². The van der Waals surface area contributed by atoms with E-state index in [1.165, 1.54) is 18.4 Å². The summed E-state index contributed by atoms with van der Waals surface area (Å²) in [6.45, 7) is 5.00. The van der Waals surface area contributed by atoms with Crippen LogP contribution in [0, 0.1) is 0 Å². The lowest BCUT2D eigenvalue weighted by Crippen LogP contribution is -2.22. The number of hydrogen-bond acceptors (Lipinski definition) is 4. The fourth-order valence-electron chi connectivity index (χ4n) is 2.00. The van der Waals surface area contributed by atoms with Crippen LogP contribution in [0.15, 0.2) is 12.5 Å². The molecule has 82 valence electrons. The molecule has 2 rings (SSSR count). The lowest BCUT2D eigenvalue weighted by molar-refractivity contribution is 0.751. The monoisotopic (exact) mass is 206 g/mol.